The van der Waals surface area contributed by atoms with Crippen molar-refractivity contribution in [3.8, 4) is 11.4 Å². The molecular weight excluding hydrogens is 290 g/mol. The topological polar surface area (TPSA) is 131 Å². The van der Waals surface area contributed by atoms with Crippen LogP contribution in [-0.2, 0) is 4.79 Å². The standard InChI is InChI=1S/C13H13N5O4/c1-7(14-8(2)19)11-13(20)15-12(17-16-11)9-4-3-5-10(6-9)18(21)22/h3-7H,1-2H3,(H,14,19)(H,15,17,20). The maximum Gasteiger partial charge on any atom is 0.275 e. The highest BCUT2D eigenvalue weighted by molar-refractivity contribution is 5.73. The number of nitro benzene ring substituents is 1. The molecule has 1 amide bonds. The van der Waals surface area contributed by atoms with Crippen LogP contribution in [0.15, 0.2) is 29.1 Å². The van der Waals surface area contributed by atoms with Gasteiger partial charge in [0.05, 0.1) is 11.0 Å². The Labute approximate surface area is 124 Å². The Morgan fingerprint density at radius 1 is 1.41 bits per heavy atom. The summed E-state index contributed by atoms with van der Waals surface area (Å²) in [4.78, 5) is 35.7. The minimum atomic E-state index is -0.590. The van der Waals surface area contributed by atoms with Crippen molar-refractivity contribution >= 4 is 11.6 Å². The SMILES string of the molecule is CC(=O)NC(C)c1nnc(-c2cccc([N+](=O)[O-])c2)[nH]c1=O. The largest absolute Gasteiger partial charge is 0.348 e. The molecular formula is C13H13N5O4. The molecule has 1 unspecified atom stereocenters. The van der Waals surface area contributed by atoms with Gasteiger partial charge in [-0.05, 0) is 6.92 Å². The Hall–Kier alpha value is -3.10. The third-order valence-corrected chi connectivity index (χ3v) is 2.88. The average Bonchev–Trinajstić information content (AvgIpc) is 2.46. The van der Waals surface area contributed by atoms with Crippen molar-refractivity contribution < 1.29 is 9.72 Å². The molecule has 0 saturated carbocycles. The Bertz CT molecular complexity index is 786. The Morgan fingerprint density at radius 3 is 2.73 bits per heavy atom. The summed E-state index contributed by atoms with van der Waals surface area (Å²) in [5.41, 5.74) is -0.199. The van der Waals surface area contributed by atoms with Gasteiger partial charge in [0.25, 0.3) is 11.2 Å². The molecule has 0 saturated heterocycles. The lowest BCUT2D eigenvalue weighted by Gasteiger charge is -2.10. The molecule has 1 aromatic heterocycles. The van der Waals surface area contributed by atoms with Gasteiger partial charge in [0.15, 0.2) is 11.5 Å². The number of carbonyl (C=O) groups is 1. The van der Waals surface area contributed by atoms with Gasteiger partial charge < -0.3 is 10.3 Å². The van der Waals surface area contributed by atoms with E-state index in [4.69, 9.17) is 0 Å². The van der Waals surface area contributed by atoms with Crippen LogP contribution < -0.4 is 10.9 Å². The molecule has 0 aliphatic rings. The van der Waals surface area contributed by atoms with Crippen molar-refractivity contribution in [2.75, 3.05) is 0 Å². The zero-order valence-electron chi connectivity index (χ0n) is 11.9. The Morgan fingerprint density at radius 2 is 2.14 bits per heavy atom. The second kappa shape index (κ2) is 6.12. The van der Waals surface area contributed by atoms with E-state index >= 15 is 0 Å². The summed E-state index contributed by atoms with van der Waals surface area (Å²) in [7, 11) is 0. The van der Waals surface area contributed by atoms with Gasteiger partial charge in [0.2, 0.25) is 5.91 Å². The highest BCUT2D eigenvalue weighted by atomic mass is 16.6. The number of nitrogens with zero attached hydrogens (tertiary/aromatic N) is 3. The lowest BCUT2D eigenvalue weighted by molar-refractivity contribution is -0.384. The first kappa shape index (κ1) is 15.3. The Balaban J connectivity index is 2.37. The minimum absolute atomic E-state index is 0.0596. The molecule has 2 N–H and O–H groups in total. The van der Waals surface area contributed by atoms with E-state index in [0.717, 1.165) is 0 Å². The maximum atomic E-state index is 12.0. The molecule has 0 aliphatic heterocycles. The van der Waals surface area contributed by atoms with Gasteiger partial charge in [-0.3, -0.25) is 19.7 Å². The molecule has 0 spiro atoms. The van der Waals surface area contributed by atoms with Crippen LogP contribution in [0.3, 0.4) is 0 Å². The lowest BCUT2D eigenvalue weighted by Crippen LogP contribution is -2.30. The van der Waals surface area contributed by atoms with Crippen molar-refractivity contribution in [1.82, 2.24) is 20.5 Å². The number of nitro groups is 1. The van der Waals surface area contributed by atoms with Gasteiger partial charge in [-0.25, -0.2) is 0 Å². The van der Waals surface area contributed by atoms with Gasteiger partial charge in [0, 0.05) is 24.6 Å². The number of nitrogens with one attached hydrogen (secondary N) is 2. The average molecular weight is 303 g/mol. The third kappa shape index (κ3) is 3.32. The van der Waals surface area contributed by atoms with Crippen molar-refractivity contribution in [3.63, 3.8) is 0 Å². The molecule has 114 valence electrons. The molecule has 2 rings (SSSR count). The van der Waals surface area contributed by atoms with Crippen LogP contribution in [0.4, 0.5) is 5.69 Å². The molecule has 9 nitrogen and oxygen atoms in total. The van der Waals surface area contributed by atoms with Gasteiger partial charge >= 0.3 is 0 Å². The first-order valence-corrected chi connectivity index (χ1v) is 6.37. The number of non-ortho nitro benzene ring substituents is 1. The molecule has 1 heterocycles. The maximum absolute atomic E-state index is 12.0. The normalized spacial score (nSPS) is 11.7. The Kier molecular flexibility index (Phi) is 4.25. The fraction of sp³-hybridized carbons (Fsp3) is 0.231. The number of hydrogen-bond acceptors (Lipinski definition) is 6. The highest BCUT2D eigenvalue weighted by Gasteiger charge is 2.15. The lowest BCUT2D eigenvalue weighted by atomic mass is 10.2. The monoisotopic (exact) mass is 303 g/mol. The molecule has 1 aromatic carbocycles. The van der Waals surface area contributed by atoms with Crippen LogP contribution in [0.5, 0.6) is 0 Å². The molecule has 0 fully saturated rings. The van der Waals surface area contributed by atoms with Crippen molar-refractivity contribution in [3.05, 3.63) is 50.4 Å². The molecule has 0 aliphatic carbocycles. The van der Waals surface area contributed by atoms with E-state index in [9.17, 15) is 19.7 Å². The summed E-state index contributed by atoms with van der Waals surface area (Å²) in [6, 6.07) is 5.09. The van der Waals surface area contributed by atoms with Crippen LogP contribution >= 0.6 is 0 Å². The zero-order valence-corrected chi connectivity index (χ0v) is 11.9. The van der Waals surface area contributed by atoms with Gasteiger partial charge in [-0.2, -0.15) is 0 Å². The van der Waals surface area contributed by atoms with E-state index < -0.39 is 16.5 Å². The van der Waals surface area contributed by atoms with E-state index in [-0.39, 0.29) is 23.1 Å². The van der Waals surface area contributed by atoms with Crippen LogP contribution in [0.2, 0.25) is 0 Å². The van der Waals surface area contributed by atoms with Crippen LogP contribution in [0, 0.1) is 10.1 Å². The van der Waals surface area contributed by atoms with Gasteiger partial charge in [-0.15, -0.1) is 10.2 Å². The van der Waals surface area contributed by atoms with Crippen molar-refractivity contribution in [1.29, 1.82) is 0 Å². The fourth-order valence-corrected chi connectivity index (χ4v) is 1.90. The summed E-state index contributed by atoms with van der Waals surface area (Å²) in [5, 5.41) is 21.0. The van der Waals surface area contributed by atoms with E-state index in [1.54, 1.807) is 13.0 Å². The smallest absolute Gasteiger partial charge is 0.275 e. The van der Waals surface area contributed by atoms with E-state index in [1.807, 2.05) is 0 Å². The van der Waals surface area contributed by atoms with E-state index in [2.05, 4.69) is 20.5 Å². The second-order valence-electron chi connectivity index (χ2n) is 4.62. The van der Waals surface area contributed by atoms with Gasteiger partial charge in [0.1, 0.15) is 0 Å². The molecule has 1 atom stereocenters. The predicted octanol–water partition coefficient (Wildman–Crippen LogP) is 0.937. The summed E-state index contributed by atoms with van der Waals surface area (Å²) in [6.07, 6.45) is 0. The van der Waals surface area contributed by atoms with Gasteiger partial charge in [-0.1, -0.05) is 12.1 Å². The number of rotatable bonds is 4. The number of aromatic nitrogens is 3. The molecule has 0 radical (unpaired) electrons. The summed E-state index contributed by atoms with van der Waals surface area (Å²) < 4.78 is 0. The summed E-state index contributed by atoms with van der Waals surface area (Å²) >= 11 is 0. The number of benzene rings is 1. The van der Waals surface area contributed by atoms with Crippen molar-refractivity contribution in [2.45, 2.75) is 19.9 Å². The second-order valence-corrected chi connectivity index (χ2v) is 4.62. The summed E-state index contributed by atoms with van der Waals surface area (Å²) in [5.74, 6) is -0.177. The van der Waals surface area contributed by atoms with E-state index in [0.29, 0.717) is 5.56 Å². The van der Waals surface area contributed by atoms with Crippen molar-refractivity contribution in [2.24, 2.45) is 0 Å². The number of hydrogen-bond donors (Lipinski definition) is 2. The minimum Gasteiger partial charge on any atom is -0.348 e. The van der Waals surface area contributed by atoms with Crippen LogP contribution in [0.1, 0.15) is 25.6 Å². The van der Waals surface area contributed by atoms with E-state index in [1.165, 1.54) is 25.1 Å². The first-order valence-electron chi connectivity index (χ1n) is 6.37. The first-order chi connectivity index (χ1) is 10.4. The summed E-state index contributed by atoms with van der Waals surface area (Å²) in [6.45, 7) is 2.93. The predicted molar refractivity (Wildman–Crippen MR) is 77.0 cm³/mol. The fourth-order valence-electron chi connectivity index (χ4n) is 1.90. The number of amides is 1. The molecule has 0 bridgehead atoms. The zero-order chi connectivity index (χ0) is 16.3. The van der Waals surface area contributed by atoms with Crippen LogP contribution in [0.25, 0.3) is 11.4 Å². The van der Waals surface area contributed by atoms with Crippen LogP contribution in [-0.4, -0.2) is 26.0 Å². The quantitative estimate of drug-likeness (QED) is 0.638. The number of carbonyl (C=O) groups excluding carboxylic acids is 1. The highest BCUT2D eigenvalue weighted by Crippen LogP contribution is 2.19. The molecule has 2 aromatic rings. The molecule has 22 heavy (non-hydrogen) atoms. The number of H-pyrrole nitrogens is 1. The molecule has 9 heteroatoms. The number of aromatic amines is 1. The third-order valence-electron chi connectivity index (χ3n) is 2.88.